The predicted molar refractivity (Wildman–Crippen MR) is 89.8 cm³/mol. The Morgan fingerprint density at radius 1 is 1.39 bits per heavy atom. The summed E-state index contributed by atoms with van der Waals surface area (Å²) in [6.45, 7) is 5.43. The first-order valence-corrected chi connectivity index (χ1v) is 8.38. The quantitative estimate of drug-likeness (QED) is 0.618. The number of ether oxygens (including phenoxy) is 1. The maximum Gasteiger partial charge on any atom is 0.311 e. The Hall–Kier alpha value is -0.850. The highest BCUT2D eigenvalue weighted by molar-refractivity contribution is 5.85. The van der Waals surface area contributed by atoms with Gasteiger partial charge in [0.1, 0.15) is 0 Å². The summed E-state index contributed by atoms with van der Waals surface area (Å²) in [6.07, 6.45) is 4.85. The van der Waals surface area contributed by atoms with Crippen molar-refractivity contribution in [3.05, 3.63) is 0 Å². The smallest absolute Gasteiger partial charge is 0.311 e. The number of carbonyl (C=O) groups excluding carboxylic acids is 1. The lowest BCUT2D eigenvalue weighted by molar-refractivity contribution is -0.149. The lowest BCUT2D eigenvalue weighted by atomic mass is 9.81. The molecule has 0 aromatic rings. The molecule has 2 atom stereocenters. The van der Waals surface area contributed by atoms with Crippen molar-refractivity contribution in [3.8, 4) is 0 Å². The third-order valence-electron chi connectivity index (χ3n) is 4.95. The van der Waals surface area contributed by atoms with Gasteiger partial charge in [0.15, 0.2) is 0 Å². The molecule has 0 unspecified atom stereocenters. The zero-order valence-corrected chi connectivity index (χ0v) is 14.7. The molecule has 1 amide bonds. The third kappa shape index (κ3) is 5.06. The summed E-state index contributed by atoms with van der Waals surface area (Å²) in [7, 11) is 0. The van der Waals surface area contributed by atoms with E-state index in [1.807, 2.05) is 4.90 Å². The molecule has 134 valence electrons. The van der Waals surface area contributed by atoms with Crippen LogP contribution < -0.4 is 5.32 Å². The molecule has 1 aliphatic heterocycles. The van der Waals surface area contributed by atoms with Crippen LogP contribution in [0.25, 0.3) is 0 Å². The van der Waals surface area contributed by atoms with E-state index in [4.69, 9.17) is 4.74 Å². The summed E-state index contributed by atoms with van der Waals surface area (Å²) in [6, 6.07) is 0. The molecular weight excluding hydrogens is 320 g/mol. The molecule has 0 radical (unpaired) electrons. The maximum absolute atomic E-state index is 11.9. The lowest BCUT2D eigenvalue weighted by Crippen LogP contribution is -2.40. The second-order valence-corrected chi connectivity index (χ2v) is 6.54. The monoisotopic (exact) mass is 348 g/mol. The number of amides is 1. The Bertz CT molecular complexity index is 408. The van der Waals surface area contributed by atoms with E-state index < -0.39 is 11.4 Å². The highest BCUT2D eigenvalue weighted by Crippen LogP contribution is 2.48. The Morgan fingerprint density at radius 3 is 2.83 bits per heavy atom. The van der Waals surface area contributed by atoms with Crippen LogP contribution in [0.15, 0.2) is 0 Å². The highest BCUT2D eigenvalue weighted by atomic mass is 35.5. The van der Waals surface area contributed by atoms with Gasteiger partial charge in [-0.25, -0.2) is 0 Å². The number of nitrogens with one attached hydrogen (secondary N) is 1. The fraction of sp³-hybridized carbons (Fsp3) is 0.875. The standard InChI is InChI=1S/C16H28N2O4.ClH/c1-2-3-8-22-9-7-17-14(19)11-18-10-13-5-4-6-16(13,12-18)15(20)21;/h13H,2-12H2,1H3,(H,17,19)(H,20,21);1H/t13-,16+;/m0./s1. The van der Waals surface area contributed by atoms with Crippen molar-refractivity contribution in [1.82, 2.24) is 10.2 Å². The summed E-state index contributed by atoms with van der Waals surface area (Å²) in [5.41, 5.74) is -0.608. The van der Waals surface area contributed by atoms with Crippen LogP contribution >= 0.6 is 12.4 Å². The van der Waals surface area contributed by atoms with Crippen LogP contribution in [0.1, 0.15) is 39.0 Å². The number of carboxylic acids is 1. The van der Waals surface area contributed by atoms with Gasteiger partial charge in [0.2, 0.25) is 5.91 Å². The van der Waals surface area contributed by atoms with Crippen LogP contribution in [-0.4, -0.2) is 61.3 Å². The highest BCUT2D eigenvalue weighted by Gasteiger charge is 2.54. The van der Waals surface area contributed by atoms with Gasteiger partial charge in [0, 0.05) is 26.2 Å². The summed E-state index contributed by atoms with van der Waals surface area (Å²) in [5, 5.41) is 12.4. The first-order valence-electron chi connectivity index (χ1n) is 8.38. The van der Waals surface area contributed by atoms with Crippen molar-refractivity contribution in [2.75, 3.05) is 39.4 Å². The van der Waals surface area contributed by atoms with Crippen molar-refractivity contribution >= 4 is 24.3 Å². The van der Waals surface area contributed by atoms with Gasteiger partial charge in [-0.3, -0.25) is 14.5 Å². The van der Waals surface area contributed by atoms with Crippen LogP contribution in [0.5, 0.6) is 0 Å². The third-order valence-corrected chi connectivity index (χ3v) is 4.95. The van der Waals surface area contributed by atoms with E-state index in [0.717, 1.165) is 45.3 Å². The minimum absolute atomic E-state index is 0. The van der Waals surface area contributed by atoms with E-state index in [9.17, 15) is 14.7 Å². The van der Waals surface area contributed by atoms with Crippen LogP contribution in [0.4, 0.5) is 0 Å². The molecule has 1 saturated heterocycles. The van der Waals surface area contributed by atoms with Crippen molar-refractivity contribution in [2.45, 2.75) is 39.0 Å². The molecule has 0 bridgehead atoms. The Kier molecular flexibility index (Phi) is 8.29. The number of aliphatic carboxylic acids is 1. The number of rotatable bonds is 9. The predicted octanol–water partition coefficient (Wildman–Crippen LogP) is 1.53. The van der Waals surface area contributed by atoms with E-state index in [1.54, 1.807) is 0 Å². The summed E-state index contributed by atoms with van der Waals surface area (Å²) >= 11 is 0. The number of halogens is 1. The normalized spacial score (nSPS) is 26.6. The molecule has 23 heavy (non-hydrogen) atoms. The van der Waals surface area contributed by atoms with Gasteiger partial charge in [-0.05, 0) is 25.2 Å². The van der Waals surface area contributed by atoms with Gasteiger partial charge < -0.3 is 15.2 Å². The zero-order chi connectivity index (χ0) is 16.0. The SMILES string of the molecule is CCCCOCCNC(=O)CN1C[C@@H]2CCC[C@@]2(C(=O)O)C1.Cl. The van der Waals surface area contributed by atoms with Crippen LogP contribution in [0.3, 0.4) is 0 Å². The average Bonchev–Trinajstić information content (AvgIpc) is 3.00. The van der Waals surface area contributed by atoms with Gasteiger partial charge in [0.25, 0.3) is 0 Å². The van der Waals surface area contributed by atoms with E-state index in [1.165, 1.54) is 0 Å². The fourth-order valence-corrected chi connectivity index (χ4v) is 3.73. The van der Waals surface area contributed by atoms with Gasteiger partial charge in [0.05, 0.1) is 18.6 Å². The first-order chi connectivity index (χ1) is 10.6. The van der Waals surface area contributed by atoms with Gasteiger partial charge in [-0.15, -0.1) is 12.4 Å². The summed E-state index contributed by atoms with van der Waals surface area (Å²) < 4.78 is 5.40. The Labute approximate surface area is 144 Å². The lowest BCUT2D eigenvalue weighted by Gasteiger charge is -2.23. The first kappa shape index (κ1) is 20.2. The van der Waals surface area contributed by atoms with Gasteiger partial charge in [-0.1, -0.05) is 19.8 Å². The van der Waals surface area contributed by atoms with E-state index in [-0.39, 0.29) is 24.2 Å². The van der Waals surface area contributed by atoms with E-state index in [0.29, 0.717) is 26.2 Å². The molecule has 1 heterocycles. The Balaban J connectivity index is 0.00000264. The van der Waals surface area contributed by atoms with E-state index in [2.05, 4.69) is 12.2 Å². The van der Waals surface area contributed by atoms with Gasteiger partial charge >= 0.3 is 5.97 Å². The molecule has 7 heteroatoms. The van der Waals surface area contributed by atoms with Crippen molar-refractivity contribution in [2.24, 2.45) is 11.3 Å². The molecule has 2 fully saturated rings. The number of likely N-dealkylation sites (tertiary alicyclic amines) is 1. The number of carboxylic acid groups (broad SMARTS) is 1. The van der Waals surface area contributed by atoms with Gasteiger partial charge in [-0.2, -0.15) is 0 Å². The molecule has 2 aliphatic rings. The number of nitrogens with zero attached hydrogens (tertiary/aromatic N) is 1. The van der Waals surface area contributed by atoms with Crippen molar-refractivity contribution in [1.29, 1.82) is 0 Å². The minimum atomic E-state index is -0.692. The molecule has 2 rings (SSSR count). The molecule has 0 spiro atoms. The summed E-state index contributed by atoms with van der Waals surface area (Å²) in [4.78, 5) is 25.5. The van der Waals surface area contributed by atoms with Crippen molar-refractivity contribution in [3.63, 3.8) is 0 Å². The van der Waals surface area contributed by atoms with Crippen LogP contribution in [0.2, 0.25) is 0 Å². The maximum atomic E-state index is 11.9. The molecule has 2 N–H and O–H groups in total. The minimum Gasteiger partial charge on any atom is -0.481 e. The Morgan fingerprint density at radius 2 is 2.17 bits per heavy atom. The molecule has 1 saturated carbocycles. The van der Waals surface area contributed by atoms with Crippen molar-refractivity contribution < 1.29 is 19.4 Å². The molecule has 0 aromatic heterocycles. The molecule has 1 aliphatic carbocycles. The number of hydrogen-bond donors (Lipinski definition) is 2. The largest absolute Gasteiger partial charge is 0.481 e. The second kappa shape index (κ2) is 9.45. The molecule has 6 nitrogen and oxygen atoms in total. The number of unbranched alkanes of at least 4 members (excludes halogenated alkanes) is 1. The molecular formula is C16H29ClN2O4. The van der Waals surface area contributed by atoms with Crippen LogP contribution in [-0.2, 0) is 14.3 Å². The van der Waals surface area contributed by atoms with E-state index >= 15 is 0 Å². The fourth-order valence-electron chi connectivity index (χ4n) is 3.73. The number of fused-ring (bicyclic) bond motifs is 1. The summed E-state index contributed by atoms with van der Waals surface area (Å²) in [5.74, 6) is -0.531. The number of carbonyl (C=O) groups is 2. The van der Waals surface area contributed by atoms with Crippen LogP contribution in [0, 0.1) is 11.3 Å². The molecule has 0 aromatic carbocycles. The average molecular weight is 349 g/mol. The number of hydrogen-bond acceptors (Lipinski definition) is 4. The zero-order valence-electron chi connectivity index (χ0n) is 13.9. The second-order valence-electron chi connectivity index (χ2n) is 6.54. The topological polar surface area (TPSA) is 78.9 Å².